The van der Waals surface area contributed by atoms with Crippen molar-refractivity contribution in [2.45, 2.75) is 83.1 Å². The maximum atomic E-state index is 10.4. The molecule has 6 nitrogen and oxygen atoms in total. The molecule has 0 atom stereocenters. The van der Waals surface area contributed by atoms with E-state index in [1.54, 1.807) is 0 Å². The number of rotatable bonds is 8. The Morgan fingerprint density at radius 1 is 0.867 bits per heavy atom. The second-order valence-electron chi connectivity index (χ2n) is 8.07. The van der Waals surface area contributed by atoms with Gasteiger partial charge in [-0.05, 0) is 90.1 Å². The summed E-state index contributed by atoms with van der Waals surface area (Å²) in [5.74, 6) is -0.0441. The lowest BCUT2D eigenvalue weighted by Gasteiger charge is -2.27. The van der Waals surface area contributed by atoms with Gasteiger partial charge in [0, 0.05) is 6.04 Å². The summed E-state index contributed by atoms with van der Waals surface area (Å²) in [7, 11) is 0.250. The highest BCUT2D eigenvalue weighted by Gasteiger charge is 2.14. The van der Waals surface area contributed by atoms with Crippen LogP contribution in [0.15, 0.2) is 29.2 Å². The Labute approximate surface area is 185 Å². The molecule has 1 aromatic carbocycles. The Kier molecular flexibility index (Phi) is 15.9. The van der Waals surface area contributed by atoms with E-state index in [1.807, 2.05) is 0 Å². The highest BCUT2D eigenvalue weighted by molar-refractivity contribution is 7.85. The third kappa shape index (κ3) is 14.0. The summed E-state index contributed by atoms with van der Waals surface area (Å²) < 4.78 is 29.3. The van der Waals surface area contributed by atoms with E-state index in [0.717, 1.165) is 18.2 Å². The molecular weight excluding hydrogens is 400 g/mol. The number of benzene rings is 1. The normalized spacial score (nSPS) is 14.7. The van der Waals surface area contributed by atoms with Crippen LogP contribution in [0.5, 0.6) is 5.75 Å². The second-order valence-corrected chi connectivity index (χ2v) is 9.49. The Bertz CT molecular complexity index is 613. The van der Waals surface area contributed by atoms with E-state index < -0.39 is 10.1 Å². The zero-order valence-electron chi connectivity index (χ0n) is 19.7. The molecule has 0 bridgehead atoms. The minimum Gasteiger partial charge on any atom is -0.508 e. The molecule has 1 aromatic rings. The molecule has 0 heterocycles. The summed E-state index contributed by atoms with van der Waals surface area (Å²) in [6, 6.07) is 5.49. The smallest absolute Gasteiger partial charge is 0.294 e. The molecule has 0 aliphatic heterocycles. The molecule has 0 aromatic heterocycles. The SMILES string of the molecule is CCCN(CCC)CCC.CN(C)C1CCCCC1.O=S(=O)(O)c1ccc(O)cc1. The van der Waals surface area contributed by atoms with Gasteiger partial charge in [-0.25, -0.2) is 0 Å². The Morgan fingerprint density at radius 2 is 1.30 bits per heavy atom. The van der Waals surface area contributed by atoms with Crippen molar-refractivity contribution in [2.75, 3.05) is 33.7 Å². The molecule has 1 aliphatic rings. The van der Waals surface area contributed by atoms with E-state index in [9.17, 15) is 8.42 Å². The second kappa shape index (κ2) is 16.5. The van der Waals surface area contributed by atoms with Crippen LogP contribution in [0.4, 0.5) is 0 Å². The van der Waals surface area contributed by atoms with Gasteiger partial charge in [0.1, 0.15) is 5.75 Å². The van der Waals surface area contributed by atoms with Gasteiger partial charge >= 0.3 is 0 Å². The first kappa shape index (κ1) is 28.9. The molecule has 0 spiro atoms. The summed E-state index contributed by atoms with van der Waals surface area (Å²) in [4.78, 5) is 4.68. The lowest BCUT2D eigenvalue weighted by atomic mass is 9.95. The van der Waals surface area contributed by atoms with Crippen LogP contribution in [-0.2, 0) is 10.1 Å². The van der Waals surface area contributed by atoms with Crippen molar-refractivity contribution in [3.05, 3.63) is 24.3 Å². The molecule has 2 N–H and O–H groups in total. The van der Waals surface area contributed by atoms with Crippen LogP contribution >= 0.6 is 0 Å². The molecule has 1 fully saturated rings. The zero-order valence-corrected chi connectivity index (χ0v) is 20.5. The fourth-order valence-corrected chi connectivity index (χ4v) is 3.98. The van der Waals surface area contributed by atoms with Crippen molar-refractivity contribution < 1.29 is 18.1 Å². The number of aromatic hydroxyl groups is 1. The zero-order chi connectivity index (χ0) is 23.0. The lowest BCUT2D eigenvalue weighted by molar-refractivity contribution is 0.229. The topological polar surface area (TPSA) is 81.1 Å². The van der Waals surface area contributed by atoms with Crippen molar-refractivity contribution in [1.82, 2.24) is 9.80 Å². The van der Waals surface area contributed by atoms with Crippen LogP contribution in [-0.4, -0.2) is 67.6 Å². The van der Waals surface area contributed by atoms with Crippen LogP contribution in [0.2, 0.25) is 0 Å². The fourth-order valence-electron chi connectivity index (χ4n) is 3.50. The van der Waals surface area contributed by atoms with E-state index >= 15 is 0 Å². The van der Waals surface area contributed by atoms with Crippen LogP contribution in [0.1, 0.15) is 72.1 Å². The number of phenols is 1. The number of hydrogen-bond acceptors (Lipinski definition) is 5. The standard InChI is InChI=1S/C9H21N.C8H17N.C6H6O4S/c1-4-7-10(8-5-2)9-6-3;1-9(2)8-6-4-3-5-7-8;7-5-1-3-6(4-2-5)11(8,9)10/h4-9H2,1-3H3;8H,3-7H2,1-2H3;1-4,7H,(H,8,9,10). The Hall–Kier alpha value is -1.15. The quantitative estimate of drug-likeness (QED) is 0.547. The highest BCUT2D eigenvalue weighted by atomic mass is 32.2. The van der Waals surface area contributed by atoms with E-state index in [2.05, 4.69) is 44.7 Å². The number of nitrogens with zero attached hydrogens (tertiary/aromatic N) is 2. The van der Waals surface area contributed by atoms with Crippen molar-refractivity contribution in [1.29, 1.82) is 0 Å². The van der Waals surface area contributed by atoms with Gasteiger partial charge in [0.2, 0.25) is 0 Å². The van der Waals surface area contributed by atoms with Crippen molar-refractivity contribution in [3.8, 4) is 5.75 Å². The summed E-state index contributed by atoms with van der Waals surface area (Å²) in [5.41, 5.74) is 0. The molecular formula is C23H44N2O4S. The fraction of sp³-hybridized carbons (Fsp3) is 0.739. The van der Waals surface area contributed by atoms with Gasteiger partial charge in [0.15, 0.2) is 0 Å². The van der Waals surface area contributed by atoms with Gasteiger partial charge in [-0.1, -0.05) is 40.0 Å². The number of phenolic OH excluding ortho intramolecular Hbond substituents is 1. The predicted molar refractivity (Wildman–Crippen MR) is 126 cm³/mol. The van der Waals surface area contributed by atoms with Gasteiger partial charge in [0.05, 0.1) is 4.90 Å². The highest BCUT2D eigenvalue weighted by Crippen LogP contribution is 2.20. The molecule has 0 saturated heterocycles. The average Bonchev–Trinajstić information content (AvgIpc) is 2.70. The maximum absolute atomic E-state index is 10.4. The molecule has 1 aliphatic carbocycles. The maximum Gasteiger partial charge on any atom is 0.294 e. The average molecular weight is 445 g/mol. The van der Waals surface area contributed by atoms with Crippen LogP contribution < -0.4 is 0 Å². The van der Waals surface area contributed by atoms with Gasteiger partial charge in [-0.15, -0.1) is 0 Å². The Balaban J connectivity index is 0.000000423. The van der Waals surface area contributed by atoms with Gasteiger partial charge < -0.3 is 14.9 Å². The minimum atomic E-state index is -4.13. The summed E-state index contributed by atoms with van der Waals surface area (Å²) in [6.45, 7) is 10.6. The minimum absolute atomic E-state index is 0.0441. The monoisotopic (exact) mass is 444 g/mol. The van der Waals surface area contributed by atoms with E-state index in [1.165, 1.54) is 83.1 Å². The summed E-state index contributed by atoms with van der Waals surface area (Å²) in [6.07, 6.45) is 11.1. The third-order valence-electron chi connectivity index (χ3n) is 5.06. The van der Waals surface area contributed by atoms with E-state index in [-0.39, 0.29) is 10.6 Å². The first-order chi connectivity index (χ1) is 14.1. The molecule has 176 valence electrons. The first-order valence-corrected chi connectivity index (χ1v) is 12.7. The summed E-state index contributed by atoms with van der Waals surface area (Å²) in [5, 5.41) is 8.75. The van der Waals surface area contributed by atoms with Crippen molar-refractivity contribution in [2.24, 2.45) is 0 Å². The third-order valence-corrected chi connectivity index (χ3v) is 5.93. The van der Waals surface area contributed by atoms with Crippen molar-refractivity contribution in [3.63, 3.8) is 0 Å². The van der Waals surface area contributed by atoms with Crippen LogP contribution in [0.25, 0.3) is 0 Å². The molecule has 2 rings (SSSR count). The number of hydrogen-bond donors (Lipinski definition) is 2. The Morgan fingerprint density at radius 3 is 1.60 bits per heavy atom. The first-order valence-electron chi connectivity index (χ1n) is 11.3. The van der Waals surface area contributed by atoms with Gasteiger partial charge in [-0.3, -0.25) is 4.55 Å². The summed E-state index contributed by atoms with van der Waals surface area (Å²) >= 11 is 0. The molecule has 7 heteroatoms. The molecule has 0 radical (unpaired) electrons. The molecule has 30 heavy (non-hydrogen) atoms. The van der Waals surface area contributed by atoms with E-state index in [4.69, 9.17) is 9.66 Å². The lowest BCUT2D eigenvalue weighted by Crippen LogP contribution is -2.29. The van der Waals surface area contributed by atoms with Crippen LogP contribution in [0, 0.1) is 0 Å². The van der Waals surface area contributed by atoms with Gasteiger partial charge in [-0.2, -0.15) is 8.42 Å². The molecule has 1 saturated carbocycles. The van der Waals surface area contributed by atoms with Crippen molar-refractivity contribution >= 4 is 10.1 Å². The van der Waals surface area contributed by atoms with Crippen LogP contribution in [0.3, 0.4) is 0 Å². The van der Waals surface area contributed by atoms with Gasteiger partial charge in [0.25, 0.3) is 10.1 Å². The largest absolute Gasteiger partial charge is 0.508 e. The molecule has 0 unspecified atom stereocenters. The predicted octanol–water partition coefficient (Wildman–Crippen LogP) is 5.04. The van der Waals surface area contributed by atoms with E-state index in [0.29, 0.717) is 0 Å². The molecule has 0 amide bonds.